The molecule has 0 amide bonds. The highest BCUT2D eigenvalue weighted by atomic mass is 32.2. The molecule has 21 heavy (non-hydrogen) atoms. The zero-order valence-corrected chi connectivity index (χ0v) is 11.4. The number of halogens is 3. The van der Waals surface area contributed by atoms with E-state index < -0.39 is 38.8 Å². The summed E-state index contributed by atoms with van der Waals surface area (Å²) in [7, 11) is -4.22. The predicted molar refractivity (Wildman–Crippen MR) is 63.8 cm³/mol. The Hall–Kier alpha value is -1.68. The molecule has 116 valence electrons. The predicted octanol–water partition coefficient (Wildman–Crippen LogP) is 1.34. The molecule has 1 aliphatic heterocycles. The van der Waals surface area contributed by atoms with Gasteiger partial charge in [0.25, 0.3) is 10.0 Å². The number of aromatic nitrogens is 1. The van der Waals surface area contributed by atoms with Crippen molar-refractivity contribution in [3.63, 3.8) is 0 Å². The monoisotopic (exact) mass is 324 g/mol. The van der Waals surface area contributed by atoms with E-state index >= 15 is 0 Å². The first-order chi connectivity index (χ1) is 9.64. The van der Waals surface area contributed by atoms with Crippen molar-refractivity contribution in [1.29, 1.82) is 0 Å². The number of hydrogen-bond acceptors (Lipinski definition) is 4. The first-order valence-electron chi connectivity index (χ1n) is 5.92. The molecule has 2 rings (SSSR count). The zero-order chi connectivity index (χ0) is 15.8. The molecule has 1 aromatic heterocycles. The third kappa shape index (κ3) is 3.00. The number of rotatable bonds is 3. The number of sulfonamides is 1. The summed E-state index contributed by atoms with van der Waals surface area (Å²) in [5.74, 6) is -1.29. The van der Waals surface area contributed by atoms with Gasteiger partial charge in [-0.3, -0.25) is 4.79 Å². The van der Waals surface area contributed by atoms with E-state index in [4.69, 9.17) is 5.11 Å². The van der Waals surface area contributed by atoms with E-state index in [2.05, 4.69) is 4.98 Å². The lowest BCUT2D eigenvalue weighted by atomic mass is 10.2. The van der Waals surface area contributed by atoms with Crippen LogP contribution in [0.15, 0.2) is 23.4 Å². The Bertz CT molecular complexity index is 642. The zero-order valence-electron chi connectivity index (χ0n) is 10.5. The maximum absolute atomic E-state index is 12.4. The molecule has 0 bridgehead atoms. The molecule has 0 saturated carbocycles. The van der Waals surface area contributed by atoms with E-state index in [-0.39, 0.29) is 13.0 Å². The molecule has 1 fully saturated rings. The first-order valence-corrected chi connectivity index (χ1v) is 7.36. The third-order valence-corrected chi connectivity index (χ3v) is 4.95. The van der Waals surface area contributed by atoms with Gasteiger partial charge in [-0.1, -0.05) is 0 Å². The quantitative estimate of drug-likeness (QED) is 0.906. The van der Waals surface area contributed by atoms with Gasteiger partial charge in [0.15, 0.2) is 5.03 Å². The summed E-state index contributed by atoms with van der Waals surface area (Å²) in [6, 6.07) is 0.125. The fourth-order valence-corrected chi connectivity index (χ4v) is 3.66. The van der Waals surface area contributed by atoms with Crippen LogP contribution in [0, 0.1) is 0 Å². The summed E-state index contributed by atoms with van der Waals surface area (Å²) in [5.41, 5.74) is -1.07. The lowest BCUT2D eigenvalue weighted by Gasteiger charge is -2.20. The minimum Gasteiger partial charge on any atom is -0.480 e. The first kappa shape index (κ1) is 15.7. The van der Waals surface area contributed by atoms with Gasteiger partial charge < -0.3 is 5.11 Å². The Morgan fingerprint density at radius 2 is 2.05 bits per heavy atom. The number of alkyl halides is 3. The molecule has 1 N–H and O–H groups in total. The van der Waals surface area contributed by atoms with Gasteiger partial charge in [0, 0.05) is 12.7 Å². The van der Waals surface area contributed by atoms with Crippen molar-refractivity contribution >= 4 is 16.0 Å². The molecular weight excluding hydrogens is 313 g/mol. The second kappa shape index (κ2) is 5.26. The number of hydrogen-bond donors (Lipinski definition) is 1. The maximum atomic E-state index is 12.4. The van der Waals surface area contributed by atoms with Crippen LogP contribution in [-0.2, 0) is 21.0 Å². The van der Waals surface area contributed by atoms with Gasteiger partial charge in [0.1, 0.15) is 6.04 Å². The summed E-state index contributed by atoms with van der Waals surface area (Å²) in [4.78, 5) is 14.3. The summed E-state index contributed by atoms with van der Waals surface area (Å²) < 4.78 is 62.4. The van der Waals surface area contributed by atoms with Gasteiger partial charge in [-0.15, -0.1) is 0 Å². The smallest absolute Gasteiger partial charge is 0.417 e. The molecular formula is C11H11F3N2O4S. The van der Waals surface area contributed by atoms with Gasteiger partial charge in [-0.05, 0) is 25.0 Å². The number of nitrogens with zero attached hydrogens (tertiary/aromatic N) is 2. The molecule has 0 radical (unpaired) electrons. The van der Waals surface area contributed by atoms with Crippen molar-refractivity contribution in [2.24, 2.45) is 0 Å². The van der Waals surface area contributed by atoms with Crippen molar-refractivity contribution in [3.8, 4) is 0 Å². The molecule has 0 aromatic carbocycles. The number of aliphatic carboxylic acids is 1. The number of carbonyl (C=O) groups is 1. The average Bonchev–Trinajstić information content (AvgIpc) is 2.88. The summed E-state index contributed by atoms with van der Waals surface area (Å²) in [6.45, 7) is 0.00199. The van der Waals surface area contributed by atoms with E-state index in [1.807, 2.05) is 0 Å². The minimum absolute atomic E-state index is 0.00199. The van der Waals surface area contributed by atoms with E-state index in [0.717, 1.165) is 10.4 Å². The van der Waals surface area contributed by atoms with Crippen molar-refractivity contribution in [3.05, 3.63) is 23.9 Å². The molecule has 2 heterocycles. The summed E-state index contributed by atoms with van der Waals surface area (Å²) >= 11 is 0. The summed E-state index contributed by atoms with van der Waals surface area (Å²) in [5, 5.41) is 8.38. The van der Waals surface area contributed by atoms with E-state index in [1.165, 1.54) is 0 Å². The summed E-state index contributed by atoms with van der Waals surface area (Å²) in [6.07, 6.45) is -3.67. The molecule has 0 unspecified atom stereocenters. The Labute approximate surface area is 118 Å². The molecule has 1 atom stereocenters. The topological polar surface area (TPSA) is 87.6 Å². The lowest BCUT2D eigenvalue weighted by molar-refractivity contribution is -0.140. The number of pyridine rings is 1. The normalized spacial score (nSPS) is 20.6. The van der Waals surface area contributed by atoms with Crippen LogP contribution in [0.2, 0.25) is 0 Å². The van der Waals surface area contributed by atoms with E-state index in [1.54, 1.807) is 0 Å². The average molecular weight is 324 g/mol. The highest BCUT2D eigenvalue weighted by Gasteiger charge is 2.40. The second-order valence-corrected chi connectivity index (χ2v) is 6.33. The van der Waals surface area contributed by atoms with Gasteiger partial charge in [0.2, 0.25) is 0 Å². The number of carboxylic acid groups (broad SMARTS) is 1. The van der Waals surface area contributed by atoms with Crippen molar-refractivity contribution in [2.75, 3.05) is 6.54 Å². The number of carboxylic acids is 1. The van der Waals surface area contributed by atoms with E-state index in [9.17, 15) is 26.4 Å². The SMILES string of the molecule is O=C(O)[C@@H]1CCCN1S(=O)(=O)c1ccc(C(F)(F)F)cn1. The van der Waals surface area contributed by atoms with Crippen molar-refractivity contribution in [1.82, 2.24) is 9.29 Å². The van der Waals surface area contributed by atoms with Gasteiger partial charge in [0.05, 0.1) is 5.56 Å². The van der Waals surface area contributed by atoms with Crippen LogP contribution in [-0.4, -0.2) is 41.4 Å². The molecule has 10 heteroatoms. The molecule has 0 aliphatic carbocycles. The van der Waals surface area contributed by atoms with Gasteiger partial charge >= 0.3 is 12.1 Å². The van der Waals surface area contributed by atoms with Crippen LogP contribution < -0.4 is 0 Å². The highest BCUT2D eigenvalue weighted by Crippen LogP contribution is 2.30. The lowest BCUT2D eigenvalue weighted by Crippen LogP contribution is -2.40. The molecule has 0 spiro atoms. The van der Waals surface area contributed by atoms with Crippen LogP contribution >= 0.6 is 0 Å². The molecule has 1 saturated heterocycles. The Kier molecular flexibility index (Phi) is 3.93. The van der Waals surface area contributed by atoms with Crippen LogP contribution in [0.1, 0.15) is 18.4 Å². The van der Waals surface area contributed by atoms with Crippen molar-refractivity contribution in [2.45, 2.75) is 30.1 Å². The Balaban J connectivity index is 2.34. The van der Waals surface area contributed by atoms with Crippen LogP contribution in [0.5, 0.6) is 0 Å². The largest absolute Gasteiger partial charge is 0.480 e. The molecule has 1 aliphatic rings. The maximum Gasteiger partial charge on any atom is 0.417 e. The third-order valence-electron chi connectivity index (χ3n) is 3.13. The second-order valence-electron chi connectivity index (χ2n) is 4.49. The fourth-order valence-electron chi connectivity index (χ4n) is 2.10. The van der Waals surface area contributed by atoms with Crippen LogP contribution in [0.25, 0.3) is 0 Å². The van der Waals surface area contributed by atoms with Crippen molar-refractivity contribution < 1.29 is 31.5 Å². The highest BCUT2D eigenvalue weighted by molar-refractivity contribution is 7.89. The van der Waals surface area contributed by atoms with Crippen LogP contribution in [0.4, 0.5) is 13.2 Å². The minimum atomic E-state index is -4.62. The van der Waals surface area contributed by atoms with E-state index in [0.29, 0.717) is 18.7 Å². The fraction of sp³-hybridized carbons (Fsp3) is 0.455. The Morgan fingerprint density at radius 1 is 1.38 bits per heavy atom. The standard InChI is InChI=1S/C11H11F3N2O4S/c12-11(13,14)7-3-4-9(15-6-7)21(19,20)16-5-1-2-8(16)10(17)18/h3-4,6,8H,1-2,5H2,(H,17,18)/t8-/m0/s1. The van der Waals surface area contributed by atoms with Crippen LogP contribution in [0.3, 0.4) is 0 Å². The Morgan fingerprint density at radius 3 is 2.52 bits per heavy atom. The molecule has 1 aromatic rings. The van der Waals surface area contributed by atoms with Gasteiger partial charge in [-0.2, -0.15) is 17.5 Å². The molecule has 6 nitrogen and oxygen atoms in total. The van der Waals surface area contributed by atoms with Gasteiger partial charge in [-0.25, -0.2) is 13.4 Å².